The fourth-order valence-electron chi connectivity index (χ4n) is 1.24. The summed E-state index contributed by atoms with van der Waals surface area (Å²) < 4.78 is 10.6. The van der Waals surface area contributed by atoms with Gasteiger partial charge in [-0.25, -0.2) is 4.98 Å². The van der Waals surface area contributed by atoms with Gasteiger partial charge < -0.3 is 15.2 Å². The third-order valence-electron chi connectivity index (χ3n) is 2.86. The van der Waals surface area contributed by atoms with Crippen molar-refractivity contribution >= 4 is 0 Å². The maximum absolute atomic E-state index is 6.12. The molecule has 0 aliphatic rings. The van der Waals surface area contributed by atoms with Crippen LogP contribution in [-0.4, -0.2) is 24.2 Å². The Kier molecular flexibility index (Phi) is 4.55. The van der Waals surface area contributed by atoms with E-state index in [0.717, 1.165) is 18.6 Å². The minimum absolute atomic E-state index is 0.262. The highest BCUT2D eigenvalue weighted by molar-refractivity contribution is 5.22. The van der Waals surface area contributed by atoms with Crippen LogP contribution >= 0.6 is 0 Å². The molecule has 0 bridgehead atoms. The second-order valence-electron chi connectivity index (χ2n) is 3.89. The minimum Gasteiger partial charge on any atom is -0.495 e. The summed E-state index contributed by atoms with van der Waals surface area (Å²) in [5.74, 6) is 1.30. The molecular weight excluding hydrogens is 204 g/mol. The molecular formula is C12H20N2O2. The average Bonchev–Trinajstić information content (AvgIpc) is 2.36. The Morgan fingerprint density at radius 1 is 1.31 bits per heavy atom. The second kappa shape index (κ2) is 5.70. The highest BCUT2D eigenvalue weighted by atomic mass is 16.5. The zero-order valence-electron chi connectivity index (χ0n) is 10.2. The van der Waals surface area contributed by atoms with Crippen molar-refractivity contribution in [3.8, 4) is 11.6 Å². The largest absolute Gasteiger partial charge is 0.495 e. The second-order valence-corrected chi connectivity index (χ2v) is 3.89. The molecule has 1 aromatic rings. The van der Waals surface area contributed by atoms with Crippen molar-refractivity contribution in [3.05, 3.63) is 18.3 Å². The van der Waals surface area contributed by atoms with E-state index in [1.54, 1.807) is 19.4 Å². The highest BCUT2D eigenvalue weighted by Crippen LogP contribution is 2.16. The van der Waals surface area contributed by atoms with Gasteiger partial charge in [0.2, 0.25) is 5.88 Å². The summed E-state index contributed by atoms with van der Waals surface area (Å²) >= 11 is 0. The SMILES string of the molecule is CCC(N)(CC)COc1ccc(OC)cn1. The first-order valence-corrected chi connectivity index (χ1v) is 5.55. The van der Waals surface area contributed by atoms with Crippen molar-refractivity contribution in [3.63, 3.8) is 0 Å². The van der Waals surface area contributed by atoms with Gasteiger partial charge in [0.05, 0.1) is 13.3 Å². The lowest BCUT2D eigenvalue weighted by atomic mass is 9.96. The van der Waals surface area contributed by atoms with Gasteiger partial charge in [-0.1, -0.05) is 13.8 Å². The third kappa shape index (κ3) is 3.38. The summed E-state index contributed by atoms with van der Waals surface area (Å²) in [5.41, 5.74) is 5.86. The Balaban J connectivity index is 2.54. The molecule has 0 fully saturated rings. The summed E-state index contributed by atoms with van der Waals surface area (Å²) in [5, 5.41) is 0. The van der Waals surface area contributed by atoms with Crippen molar-refractivity contribution < 1.29 is 9.47 Å². The van der Waals surface area contributed by atoms with Gasteiger partial charge in [-0.3, -0.25) is 0 Å². The fraction of sp³-hybridized carbons (Fsp3) is 0.583. The van der Waals surface area contributed by atoms with Gasteiger partial charge in [-0.05, 0) is 18.9 Å². The summed E-state index contributed by atoms with van der Waals surface area (Å²) in [6, 6.07) is 3.60. The van der Waals surface area contributed by atoms with Crippen molar-refractivity contribution in [1.82, 2.24) is 4.98 Å². The van der Waals surface area contributed by atoms with Crippen LogP contribution in [0.15, 0.2) is 18.3 Å². The maximum atomic E-state index is 6.12. The number of nitrogens with two attached hydrogens (primary N) is 1. The van der Waals surface area contributed by atoms with Gasteiger partial charge in [-0.2, -0.15) is 0 Å². The predicted octanol–water partition coefficient (Wildman–Crippen LogP) is 1.99. The number of aromatic nitrogens is 1. The van der Waals surface area contributed by atoms with Crippen molar-refractivity contribution in [1.29, 1.82) is 0 Å². The molecule has 0 atom stereocenters. The molecule has 0 saturated heterocycles. The molecule has 0 radical (unpaired) electrons. The zero-order valence-corrected chi connectivity index (χ0v) is 10.2. The van der Waals surface area contributed by atoms with Gasteiger partial charge in [0.25, 0.3) is 0 Å². The summed E-state index contributed by atoms with van der Waals surface area (Å²) in [6.45, 7) is 4.61. The van der Waals surface area contributed by atoms with E-state index in [2.05, 4.69) is 18.8 Å². The van der Waals surface area contributed by atoms with Gasteiger partial charge in [0.15, 0.2) is 0 Å². The van der Waals surface area contributed by atoms with E-state index >= 15 is 0 Å². The van der Waals surface area contributed by atoms with E-state index in [-0.39, 0.29) is 5.54 Å². The van der Waals surface area contributed by atoms with Crippen LogP contribution in [0.25, 0.3) is 0 Å². The quantitative estimate of drug-likeness (QED) is 0.802. The molecule has 0 amide bonds. The van der Waals surface area contributed by atoms with Crippen molar-refractivity contribution in [2.75, 3.05) is 13.7 Å². The predicted molar refractivity (Wildman–Crippen MR) is 63.8 cm³/mol. The topological polar surface area (TPSA) is 57.4 Å². The number of nitrogens with zero attached hydrogens (tertiary/aromatic N) is 1. The Morgan fingerprint density at radius 3 is 2.44 bits per heavy atom. The number of ether oxygens (including phenoxy) is 2. The molecule has 4 heteroatoms. The first-order chi connectivity index (χ1) is 7.63. The van der Waals surface area contributed by atoms with E-state index in [1.165, 1.54) is 0 Å². The zero-order chi connectivity index (χ0) is 12.0. The lowest BCUT2D eigenvalue weighted by Crippen LogP contribution is -2.44. The molecule has 16 heavy (non-hydrogen) atoms. The number of hydrogen-bond acceptors (Lipinski definition) is 4. The molecule has 1 heterocycles. The van der Waals surface area contributed by atoms with Crippen LogP contribution in [0.4, 0.5) is 0 Å². The molecule has 0 aromatic carbocycles. The number of rotatable bonds is 6. The lowest BCUT2D eigenvalue weighted by molar-refractivity contribution is 0.200. The molecule has 1 rings (SSSR count). The molecule has 0 aliphatic heterocycles. The number of methoxy groups -OCH3 is 1. The fourth-order valence-corrected chi connectivity index (χ4v) is 1.24. The van der Waals surface area contributed by atoms with Crippen LogP contribution in [-0.2, 0) is 0 Å². The van der Waals surface area contributed by atoms with Crippen LogP contribution < -0.4 is 15.2 Å². The Bertz CT molecular complexity index is 307. The van der Waals surface area contributed by atoms with E-state index in [4.69, 9.17) is 15.2 Å². The van der Waals surface area contributed by atoms with Gasteiger partial charge in [0, 0.05) is 11.6 Å². The number of pyridine rings is 1. The molecule has 0 unspecified atom stereocenters. The third-order valence-corrected chi connectivity index (χ3v) is 2.86. The molecule has 90 valence electrons. The smallest absolute Gasteiger partial charge is 0.213 e. The Hall–Kier alpha value is -1.29. The van der Waals surface area contributed by atoms with Crippen LogP contribution in [0.3, 0.4) is 0 Å². The molecule has 1 aromatic heterocycles. The summed E-state index contributed by atoms with van der Waals surface area (Å²) in [7, 11) is 1.61. The monoisotopic (exact) mass is 224 g/mol. The van der Waals surface area contributed by atoms with Gasteiger partial charge >= 0.3 is 0 Å². The molecule has 4 nitrogen and oxygen atoms in total. The molecule has 0 aliphatic carbocycles. The summed E-state index contributed by atoms with van der Waals surface area (Å²) in [6.07, 6.45) is 3.41. The van der Waals surface area contributed by atoms with Crippen LogP contribution in [0.2, 0.25) is 0 Å². The van der Waals surface area contributed by atoms with Gasteiger partial charge in [-0.15, -0.1) is 0 Å². The molecule has 2 N–H and O–H groups in total. The van der Waals surface area contributed by atoms with E-state index in [0.29, 0.717) is 12.5 Å². The molecule has 0 saturated carbocycles. The normalized spacial score (nSPS) is 11.2. The van der Waals surface area contributed by atoms with Gasteiger partial charge in [0.1, 0.15) is 12.4 Å². The highest BCUT2D eigenvalue weighted by Gasteiger charge is 2.21. The maximum Gasteiger partial charge on any atom is 0.213 e. The molecule has 0 spiro atoms. The van der Waals surface area contributed by atoms with Crippen LogP contribution in [0.1, 0.15) is 26.7 Å². The average molecular weight is 224 g/mol. The van der Waals surface area contributed by atoms with Crippen LogP contribution in [0, 0.1) is 0 Å². The lowest BCUT2D eigenvalue weighted by Gasteiger charge is -2.26. The first kappa shape index (κ1) is 12.8. The van der Waals surface area contributed by atoms with E-state index in [1.807, 2.05) is 6.07 Å². The number of hydrogen-bond donors (Lipinski definition) is 1. The van der Waals surface area contributed by atoms with E-state index < -0.39 is 0 Å². The van der Waals surface area contributed by atoms with Crippen LogP contribution in [0.5, 0.6) is 11.6 Å². The Morgan fingerprint density at radius 2 is 2.00 bits per heavy atom. The Labute approximate surface area is 96.8 Å². The minimum atomic E-state index is -0.262. The van der Waals surface area contributed by atoms with E-state index in [9.17, 15) is 0 Å². The first-order valence-electron chi connectivity index (χ1n) is 5.55. The summed E-state index contributed by atoms with van der Waals surface area (Å²) in [4.78, 5) is 4.12. The standard InChI is InChI=1S/C12H20N2O2/c1-4-12(13,5-2)9-16-11-7-6-10(15-3)8-14-11/h6-8H,4-5,9,13H2,1-3H3. The van der Waals surface area contributed by atoms with Crippen molar-refractivity contribution in [2.45, 2.75) is 32.2 Å². The van der Waals surface area contributed by atoms with Crippen molar-refractivity contribution in [2.24, 2.45) is 5.73 Å².